The molecule has 112 valence electrons. The second kappa shape index (κ2) is 9.23. The van der Waals surface area contributed by atoms with Crippen LogP contribution in [-0.2, 0) is 0 Å². The van der Waals surface area contributed by atoms with Crippen molar-refractivity contribution in [2.24, 2.45) is 0 Å². The Balaban J connectivity index is 1.87. The van der Waals surface area contributed by atoms with Gasteiger partial charge in [-0.3, -0.25) is 0 Å². The fourth-order valence-electron chi connectivity index (χ4n) is 3.02. The maximum atomic E-state index is 6.15. The van der Waals surface area contributed by atoms with Crippen molar-refractivity contribution in [2.45, 2.75) is 76.7 Å². The van der Waals surface area contributed by atoms with E-state index in [1.807, 2.05) is 12.1 Å². The predicted octanol–water partition coefficient (Wildman–Crippen LogP) is 5.82. The van der Waals surface area contributed by atoms with Gasteiger partial charge in [-0.05, 0) is 25.0 Å². The van der Waals surface area contributed by atoms with Crippen molar-refractivity contribution in [1.82, 2.24) is 4.98 Å². The number of hydrogen-bond acceptors (Lipinski definition) is 2. The van der Waals surface area contributed by atoms with Gasteiger partial charge in [0, 0.05) is 12.2 Å². The Kier molecular flexibility index (Phi) is 7.21. The summed E-state index contributed by atoms with van der Waals surface area (Å²) in [4.78, 5) is 4.15. The summed E-state index contributed by atoms with van der Waals surface area (Å²) in [6.45, 7) is 0. The molecule has 1 aromatic rings. The second-order valence-electron chi connectivity index (χ2n) is 5.94. The lowest BCUT2D eigenvalue weighted by Crippen LogP contribution is -2.20. The van der Waals surface area contributed by atoms with E-state index in [1.165, 1.54) is 70.6 Å². The Morgan fingerprint density at radius 3 is 2.00 bits per heavy atom. The minimum absolute atomic E-state index is 0.552. The maximum Gasteiger partial charge on any atom is 0.152 e. The lowest BCUT2D eigenvalue weighted by Gasteiger charge is -2.21. The lowest BCUT2D eigenvalue weighted by atomic mass is 9.98. The number of pyridine rings is 1. The second-order valence-corrected chi connectivity index (χ2v) is 6.30. The molecule has 2 rings (SSSR count). The molecule has 1 heterocycles. The van der Waals surface area contributed by atoms with Gasteiger partial charge in [-0.25, -0.2) is 4.98 Å². The van der Waals surface area contributed by atoms with Crippen LogP contribution in [0.1, 0.15) is 70.6 Å². The van der Waals surface area contributed by atoms with Crippen LogP contribution in [0.15, 0.2) is 18.3 Å². The molecule has 0 amide bonds. The molecule has 0 radical (unpaired) electrons. The zero-order valence-corrected chi connectivity index (χ0v) is 13.2. The van der Waals surface area contributed by atoms with Gasteiger partial charge >= 0.3 is 0 Å². The van der Waals surface area contributed by atoms with E-state index in [0.717, 1.165) is 5.69 Å². The standard InChI is InChI=1S/C17H27ClN2/c18-17-16(13-10-14-19-17)20-15-11-8-6-4-2-1-3-5-7-9-12-15/h10,13-15,20H,1-9,11-12H2. The molecule has 0 spiro atoms. The van der Waals surface area contributed by atoms with Crippen LogP contribution in [0.5, 0.6) is 0 Å². The van der Waals surface area contributed by atoms with E-state index in [-0.39, 0.29) is 0 Å². The Labute approximate surface area is 128 Å². The topological polar surface area (TPSA) is 24.9 Å². The predicted molar refractivity (Wildman–Crippen MR) is 87.4 cm³/mol. The summed E-state index contributed by atoms with van der Waals surface area (Å²) in [5.74, 6) is 0. The van der Waals surface area contributed by atoms with Crippen LogP contribution in [0.2, 0.25) is 5.15 Å². The number of halogens is 1. The van der Waals surface area contributed by atoms with Crippen molar-refractivity contribution >= 4 is 17.3 Å². The number of rotatable bonds is 2. The number of anilines is 1. The summed E-state index contributed by atoms with van der Waals surface area (Å²) in [6.07, 6.45) is 16.8. The third-order valence-corrected chi connectivity index (χ3v) is 4.53. The van der Waals surface area contributed by atoms with E-state index in [1.54, 1.807) is 6.20 Å². The van der Waals surface area contributed by atoms with Gasteiger partial charge in [-0.15, -0.1) is 0 Å². The highest BCUT2D eigenvalue weighted by Gasteiger charge is 2.11. The Morgan fingerprint density at radius 2 is 1.45 bits per heavy atom. The van der Waals surface area contributed by atoms with Crippen molar-refractivity contribution in [1.29, 1.82) is 0 Å². The highest BCUT2D eigenvalue weighted by Crippen LogP contribution is 2.23. The molecular formula is C17H27ClN2. The molecule has 20 heavy (non-hydrogen) atoms. The van der Waals surface area contributed by atoms with Crippen LogP contribution in [0.3, 0.4) is 0 Å². The molecule has 3 heteroatoms. The molecule has 0 aromatic carbocycles. The first kappa shape index (κ1) is 15.6. The molecule has 0 bridgehead atoms. The zero-order chi connectivity index (χ0) is 14.0. The SMILES string of the molecule is Clc1ncccc1NC1CCCCCCCCCCC1. The number of hydrogen-bond donors (Lipinski definition) is 1. The molecule has 1 aromatic heterocycles. The van der Waals surface area contributed by atoms with Crippen molar-refractivity contribution in [3.8, 4) is 0 Å². The summed E-state index contributed by atoms with van der Waals surface area (Å²) >= 11 is 6.15. The Morgan fingerprint density at radius 1 is 0.900 bits per heavy atom. The van der Waals surface area contributed by atoms with Gasteiger partial charge in [-0.2, -0.15) is 0 Å². The van der Waals surface area contributed by atoms with Crippen LogP contribution >= 0.6 is 11.6 Å². The first-order valence-electron chi connectivity index (χ1n) is 8.23. The maximum absolute atomic E-state index is 6.15. The third-order valence-electron chi connectivity index (χ3n) is 4.22. The van der Waals surface area contributed by atoms with Crippen molar-refractivity contribution in [3.63, 3.8) is 0 Å². The average Bonchev–Trinajstić information content (AvgIpc) is 2.44. The van der Waals surface area contributed by atoms with Crippen molar-refractivity contribution in [2.75, 3.05) is 5.32 Å². The summed E-state index contributed by atoms with van der Waals surface area (Å²) in [6, 6.07) is 4.53. The lowest BCUT2D eigenvalue weighted by molar-refractivity contribution is 0.480. The smallest absolute Gasteiger partial charge is 0.152 e. The highest BCUT2D eigenvalue weighted by atomic mass is 35.5. The van der Waals surface area contributed by atoms with E-state index < -0.39 is 0 Å². The Hall–Kier alpha value is -0.760. The van der Waals surface area contributed by atoms with Gasteiger partial charge in [0.05, 0.1) is 5.69 Å². The third kappa shape index (κ3) is 5.70. The first-order valence-corrected chi connectivity index (χ1v) is 8.61. The number of nitrogens with one attached hydrogen (secondary N) is 1. The number of nitrogens with zero attached hydrogens (tertiary/aromatic N) is 1. The number of aromatic nitrogens is 1. The molecule has 0 saturated heterocycles. The van der Waals surface area contributed by atoms with Gasteiger partial charge in [0.2, 0.25) is 0 Å². The fourth-order valence-corrected chi connectivity index (χ4v) is 3.20. The molecule has 1 aliphatic rings. The molecule has 0 aliphatic heterocycles. The zero-order valence-electron chi connectivity index (χ0n) is 12.4. The largest absolute Gasteiger partial charge is 0.380 e. The van der Waals surface area contributed by atoms with E-state index in [2.05, 4.69) is 10.3 Å². The van der Waals surface area contributed by atoms with Gasteiger partial charge in [0.25, 0.3) is 0 Å². The van der Waals surface area contributed by atoms with Gasteiger partial charge in [0.15, 0.2) is 5.15 Å². The molecule has 0 unspecified atom stereocenters. The quantitative estimate of drug-likeness (QED) is 0.695. The van der Waals surface area contributed by atoms with Crippen LogP contribution in [0, 0.1) is 0 Å². The van der Waals surface area contributed by atoms with Crippen molar-refractivity contribution < 1.29 is 0 Å². The summed E-state index contributed by atoms with van der Waals surface area (Å²) < 4.78 is 0. The Bertz CT molecular complexity index is 369. The first-order chi connectivity index (χ1) is 9.86. The van der Waals surface area contributed by atoms with E-state index in [4.69, 9.17) is 11.6 Å². The minimum Gasteiger partial charge on any atom is -0.380 e. The van der Waals surface area contributed by atoms with Gasteiger partial charge in [-0.1, -0.05) is 69.4 Å². The van der Waals surface area contributed by atoms with Gasteiger partial charge in [0.1, 0.15) is 0 Å². The minimum atomic E-state index is 0.552. The molecule has 0 atom stereocenters. The van der Waals surface area contributed by atoms with Crippen molar-refractivity contribution in [3.05, 3.63) is 23.5 Å². The monoisotopic (exact) mass is 294 g/mol. The molecule has 1 aliphatic carbocycles. The average molecular weight is 295 g/mol. The van der Waals surface area contributed by atoms with Crippen LogP contribution in [0.25, 0.3) is 0 Å². The van der Waals surface area contributed by atoms with E-state index in [0.29, 0.717) is 11.2 Å². The van der Waals surface area contributed by atoms with Crippen LogP contribution < -0.4 is 5.32 Å². The van der Waals surface area contributed by atoms with Crippen LogP contribution in [-0.4, -0.2) is 11.0 Å². The molecule has 1 saturated carbocycles. The molecular weight excluding hydrogens is 268 g/mol. The molecule has 1 fully saturated rings. The van der Waals surface area contributed by atoms with Gasteiger partial charge < -0.3 is 5.32 Å². The normalized spacial score (nSPS) is 19.9. The van der Waals surface area contributed by atoms with E-state index in [9.17, 15) is 0 Å². The van der Waals surface area contributed by atoms with E-state index >= 15 is 0 Å². The summed E-state index contributed by atoms with van der Waals surface area (Å²) in [5, 5.41) is 4.20. The highest BCUT2D eigenvalue weighted by molar-refractivity contribution is 6.31. The summed E-state index contributed by atoms with van der Waals surface area (Å²) in [5.41, 5.74) is 0.992. The summed E-state index contributed by atoms with van der Waals surface area (Å²) in [7, 11) is 0. The fraction of sp³-hybridized carbons (Fsp3) is 0.706. The molecule has 2 nitrogen and oxygen atoms in total. The van der Waals surface area contributed by atoms with Crippen LogP contribution in [0.4, 0.5) is 5.69 Å². The molecule has 1 N–H and O–H groups in total.